The fourth-order valence-corrected chi connectivity index (χ4v) is 2.88. The largest absolute Gasteiger partial charge is 0.497 e. The molecule has 128 valence electrons. The van der Waals surface area contributed by atoms with E-state index in [2.05, 4.69) is 5.32 Å². The van der Waals surface area contributed by atoms with E-state index in [9.17, 15) is 13.2 Å². The number of urea groups is 1. The molecule has 0 bridgehead atoms. The third-order valence-corrected chi connectivity index (χ3v) is 4.61. The minimum Gasteiger partial charge on any atom is -0.497 e. The first kappa shape index (κ1) is 17.9. The summed E-state index contributed by atoms with van der Waals surface area (Å²) in [4.78, 5) is 11.9. The molecule has 0 heterocycles. The number of anilines is 1. The molecule has 0 atom stereocenters. The number of halogens is 1. The number of carbonyl (C=O) groups excluding carboxylic acids is 1. The Hall–Kier alpha value is -2.45. The first-order valence-electron chi connectivity index (χ1n) is 6.67. The van der Waals surface area contributed by atoms with Crippen molar-refractivity contribution in [3.05, 3.63) is 47.5 Å². The highest BCUT2D eigenvalue weighted by Crippen LogP contribution is 2.29. The maximum absolute atomic E-state index is 12.1. The molecule has 0 aliphatic carbocycles. The summed E-state index contributed by atoms with van der Waals surface area (Å²) >= 11 is 5.71. The number of methoxy groups -OCH3 is 2. The lowest BCUT2D eigenvalue weighted by atomic mass is 10.2. The second-order valence-electron chi connectivity index (χ2n) is 4.58. The standard InChI is InChI=1S/C15H15ClN2O5S/c1-22-11-5-8-13(14(9-11)23-2)17-15(19)18-24(20,21)12-6-3-10(16)4-7-12/h3-9H,1-2H3,(H2,17,18,19). The topological polar surface area (TPSA) is 93.7 Å². The number of carbonyl (C=O) groups is 1. The molecule has 0 saturated carbocycles. The van der Waals surface area contributed by atoms with Gasteiger partial charge in [-0.3, -0.25) is 0 Å². The van der Waals surface area contributed by atoms with Gasteiger partial charge in [0.05, 0.1) is 24.8 Å². The Kier molecular flexibility index (Phi) is 5.53. The zero-order chi connectivity index (χ0) is 17.7. The fourth-order valence-electron chi connectivity index (χ4n) is 1.84. The van der Waals surface area contributed by atoms with E-state index >= 15 is 0 Å². The van der Waals surface area contributed by atoms with Gasteiger partial charge in [-0.05, 0) is 36.4 Å². The first-order chi connectivity index (χ1) is 11.4. The summed E-state index contributed by atoms with van der Waals surface area (Å²) in [6.07, 6.45) is 0. The number of hydrogen-bond donors (Lipinski definition) is 2. The second-order valence-corrected chi connectivity index (χ2v) is 6.70. The van der Waals surface area contributed by atoms with Crippen LogP contribution in [0.25, 0.3) is 0 Å². The molecule has 7 nitrogen and oxygen atoms in total. The molecule has 2 amide bonds. The Morgan fingerprint density at radius 2 is 1.71 bits per heavy atom. The summed E-state index contributed by atoms with van der Waals surface area (Å²) in [7, 11) is -1.10. The van der Waals surface area contributed by atoms with Crippen LogP contribution in [0.4, 0.5) is 10.5 Å². The van der Waals surface area contributed by atoms with Crippen molar-refractivity contribution in [2.45, 2.75) is 4.90 Å². The minimum atomic E-state index is -4.01. The summed E-state index contributed by atoms with van der Waals surface area (Å²) in [5, 5.41) is 2.80. The summed E-state index contributed by atoms with van der Waals surface area (Å²) in [6, 6.07) is 9.20. The monoisotopic (exact) mass is 370 g/mol. The Bertz CT molecular complexity index is 837. The quantitative estimate of drug-likeness (QED) is 0.844. The third kappa shape index (κ3) is 4.30. The van der Waals surface area contributed by atoms with Crippen LogP contribution in [-0.4, -0.2) is 28.7 Å². The van der Waals surface area contributed by atoms with Crippen LogP contribution in [0.2, 0.25) is 5.02 Å². The lowest BCUT2D eigenvalue weighted by Crippen LogP contribution is -2.34. The Labute approximate surface area is 144 Å². The van der Waals surface area contributed by atoms with Gasteiger partial charge in [0.2, 0.25) is 0 Å². The predicted octanol–water partition coefficient (Wildman–Crippen LogP) is 2.87. The molecule has 2 N–H and O–H groups in total. The molecule has 0 saturated heterocycles. The van der Waals surface area contributed by atoms with Crippen LogP contribution in [0.3, 0.4) is 0 Å². The molecule has 0 spiro atoms. The first-order valence-corrected chi connectivity index (χ1v) is 8.53. The number of nitrogens with one attached hydrogen (secondary N) is 2. The van der Waals surface area contributed by atoms with E-state index in [1.54, 1.807) is 12.1 Å². The van der Waals surface area contributed by atoms with Gasteiger partial charge in [-0.15, -0.1) is 0 Å². The molecule has 0 radical (unpaired) electrons. The molecular formula is C15H15ClN2O5S. The lowest BCUT2D eigenvalue weighted by molar-refractivity contribution is 0.256. The minimum absolute atomic E-state index is 0.0799. The lowest BCUT2D eigenvalue weighted by Gasteiger charge is -2.12. The van der Waals surface area contributed by atoms with Crippen LogP contribution in [0.5, 0.6) is 11.5 Å². The van der Waals surface area contributed by atoms with Crippen LogP contribution in [-0.2, 0) is 10.0 Å². The second kappa shape index (κ2) is 7.41. The van der Waals surface area contributed by atoms with Crippen LogP contribution >= 0.6 is 11.6 Å². The molecule has 0 unspecified atom stereocenters. The van der Waals surface area contributed by atoms with Crippen LogP contribution in [0.15, 0.2) is 47.4 Å². The van der Waals surface area contributed by atoms with Gasteiger partial charge in [0.1, 0.15) is 11.5 Å². The van der Waals surface area contributed by atoms with E-state index in [1.807, 2.05) is 4.72 Å². The number of rotatable bonds is 5. The normalized spacial score (nSPS) is 10.8. The summed E-state index contributed by atoms with van der Waals surface area (Å²) in [5.74, 6) is 0.861. The maximum Gasteiger partial charge on any atom is 0.333 e. The van der Waals surface area contributed by atoms with Crippen molar-refractivity contribution in [3.63, 3.8) is 0 Å². The molecule has 9 heteroatoms. The van der Waals surface area contributed by atoms with Crippen molar-refractivity contribution in [2.75, 3.05) is 19.5 Å². The number of ether oxygens (including phenoxy) is 2. The highest BCUT2D eigenvalue weighted by Gasteiger charge is 2.18. The molecule has 2 rings (SSSR count). The number of amides is 2. The van der Waals surface area contributed by atoms with Crippen LogP contribution in [0, 0.1) is 0 Å². The van der Waals surface area contributed by atoms with Gasteiger partial charge in [-0.2, -0.15) is 0 Å². The highest BCUT2D eigenvalue weighted by atomic mass is 35.5. The average molecular weight is 371 g/mol. The fraction of sp³-hybridized carbons (Fsp3) is 0.133. The van der Waals surface area contributed by atoms with E-state index < -0.39 is 16.1 Å². The molecule has 2 aromatic carbocycles. The van der Waals surface area contributed by atoms with Gasteiger partial charge in [-0.25, -0.2) is 17.9 Å². The van der Waals surface area contributed by atoms with Crippen LogP contribution < -0.4 is 19.5 Å². The molecule has 2 aromatic rings. The smallest absolute Gasteiger partial charge is 0.333 e. The van der Waals surface area contributed by atoms with Crippen molar-refractivity contribution < 1.29 is 22.7 Å². The van der Waals surface area contributed by atoms with Gasteiger partial charge in [0.25, 0.3) is 10.0 Å². The van der Waals surface area contributed by atoms with E-state index in [0.29, 0.717) is 22.2 Å². The number of sulfonamides is 1. The van der Waals surface area contributed by atoms with E-state index in [1.165, 1.54) is 44.6 Å². The SMILES string of the molecule is COc1ccc(NC(=O)NS(=O)(=O)c2ccc(Cl)cc2)c(OC)c1. The van der Waals surface area contributed by atoms with Crippen molar-refractivity contribution in [1.29, 1.82) is 0 Å². The molecule has 24 heavy (non-hydrogen) atoms. The van der Waals surface area contributed by atoms with Crippen LogP contribution in [0.1, 0.15) is 0 Å². The summed E-state index contributed by atoms with van der Waals surface area (Å²) in [5.41, 5.74) is 0.294. The van der Waals surface area contributed by atoms with E-state index in [0.717, 1.165) is 0 Å². The van der Waals surface area contributed by atoms with Gasteiger partial charge < -0.3 is 14.8 Å². The molecule has 0 aromatic heterocycles. The zero-order valence-electron chi connectivity index (χ0n) is 12.9. The molecule has 0 aliphatic heterocycles. The van der Waals surface area contributed by atoms with Gasteiger partial charge in [-0.1, -0.05) is 11.6 Å². The predicted molar refractivity (Wildman–Crippen MR) is 90.3 cm³/mol. The van der Waals surface area contributed by atoms with Crippen molar-refractivity contribution >= 4 is 33.3 Å². The molecule has 0 aliphatic rings. The average Bonchev–Trinajstić information content (AvgIpc) is 2.55. The Morgan fingerprint density at radius 3 is 2.29 bits per heavy atom. The third-order valence-electron chi connectivity index (χ3n) is 3.01. The number of hydrogen-bond acceptors (Lipinski definition) is 5. The maximum atomic E-state index is 12.1. The Balaban J connectivity index is 2.14. The van der Waals surface area contributed by atoms with Crippen molar-refractivity contribution in [1.82, 2.24) is 4.72 Å². The number of benzene rings is 2. The van der Waals surface area contributed by atoms with Crippen molar-refractivity contribution in [2.24, 2.45) is 0 Å². The molecular weight excluding hydrogens is 356 g/mol. The summed E-state index contributed by atoms with van der Waals surface area (Å²) < 4.78 is 36.4. The van der Waals surface area contributed by atoms with E-state index in [-0.39, 0.29) is 4.90 Å². The van der Waals surface area contributed by atoms with Gasteiger partial charge in [0, 0.05) is 11.1 Å². The Morgan fingerprint density at radius 1 is 1.04 bits per heavy atom. The molecule has 0 fully saturated rings. The summed E-state index contributed by atoms with van der Waals surface area (Å²) in [6.45, 7) is 0. The van der Waals surface area contributed by atoms with Gasteiger partial charge in [0.15, 0.2) is 0 Å². The van der Waals surface area contributed by atoms with E-state index in [4.69, 9.17) is 21.1 Å². The highest BCUT2D eigenvalue weighted by molar-refractivity contribution is 7.90. The zero-order valence-corrected chi connectivity index (χ0v) is 14.4. The van der Waals surface area contributed by atoms with Crippen molar-refractivity contribution in [3.8, 4) is 11.5 Å². The van der Waals surface area contributed by atoms with Gasteiger partial charge >= 0.3 is 6.03 Å².